The van der Waals surface area contributed by atoms with E-state index >= 15 is 0 Å². The third-order valence-electron chi connectivity index (χ3n) is 6.13. The lowest BCUT2D eigenvalue weighted by molar-refractivity contribution is -0.141. The maximum absolute atomic E-state index is 12.5. The third kappa shape index (κ3) is 2.60. The first-order valence-electron chi connectivity index (χ1n) is 9.54. The summed E-state index contributed by atoms with van der Waals surface area (Å²) in [5, 5.41) is 0. The van der Waals surface area contributed by atoms with Crippen molar-refractivity contribution in [3.8, 4) is 28.7 Å². The highest BCUT2D eigenvalue weighted by atomic mass is 16.7. The van der Waals surface area contributed by atoms with Crippen LogP contribution in [0.2, 0.25) is 0 Å². The van der Waals surface area contributed by atoms with Crippen LogP contribution in [-0.4, -0.2) is 40.7 Å². The Morgan fingerprint density at radius 2 is 1.72 bits per heavy atom. The van der Waals surface area contributed by atoms with E-state index in [1.165, 1.54) is 0 Å². The molecule has 3 aliphatic rings. The number of cyclic esters (lactones) is 1. The van der Waals surface area contributed by atoms with Crippen LogP contribution in [0.15, 0.2) is 24.3 Å². The normalized spacial score (nSPS) is 23.8. The van der Waals surface area contributed by atoms with Crippen LogP contribution >= 0.6 is 0 Å². The second-order valence-electron chi connectivity index (χ2n) is 7.41. The van der Waals surface area contributed by atoms with Gasteiger partial charge in [0.2, 0.25) is 12.5 Å². The lowest BCUT2D eigenvalue weighted by atomic mass is 9.67. The molecule has 0 radical (unpaired) electrons. The van der Waals surface area contributed by atoms with Gasteiger partial charge in [-0.2, -0.15) is 0 Å². The summed E-state index contributed by atoms with van der Waals surface area (Å²) in [6, 6.07) is 7.85. The third-order valence-corrected chi connectivity index (χ3v) is 6.13. The summed E-state index contributed by atoms with van der Waals surface area (Å²) in [5.41, 5.74) is 3.03. The molecule has 152 valence electrons. The van der Waals surface area contributed by atoms with E-state index in [1.54, 1.807) is 21.3 Å². The van der Waals surface area contributed by atoms with Gasteiger partial charge < -0.3 is 28.4 Å². The molecule has 2 aromatic carbocycles. The maximum atomic E-state index is 12.5. The highest BCUT2D eigenvalue weighted by Gasteiger charge is 2.48. The molecule has 7 nitrogen and oxygen atoms in total. The molecule has 7 heteroatoms. The van der Waals surface area contributed by atoms with Crippen molar-refractivity contribution in [1.29, 1.82) is 0 Å². The minimum atomic E-state index is -0.208. The molecule has 1 fully saturated rings. The summed E-state index contributed by atoms with van der Waals surface area (Å²) in [6.07, 6.45) is 0.580. The van der Waals surface area contributed by atoms with Crippen LogP contribution in [0.4, 0.5) is 0 Å². The molecule has 0 amide bonds. The number of carbonyl (C=O) groups excluding carboxylic acids is 1. The van der Waals surface area contributed by atoms with Crippen molar-refractivity contribution in [3.05, 3.63) is 41.0 Å². The summed E-state index contributed by atoms with van der Waals surface area (Å²) in [4.78, 5) is 12.5. The van der Waals surface area contributed by atoms with Crippen molar-refractivity contribution in [1.82, 2.24) is 0 Å². The van der Waals surface area contributed by atoms with Crippen LogP contribution < -0.4 is 23.7 Å². The van der Waals surface area contributed by atoms with E-state index in [0.717, 1.165) is 22.4 Å². The Bertz CT molecular complexity index is 984. The Kier molecular flexibility index (Phi) is 4.19. The van der Waals surface area contributed by atoms with E-state index in [1.807, 2.05) is 24.3 Å². The summed E-state index contributed by atoms with van der Waals surface area (Å²) < 4.78 is 33.5. The van der Waals surface area contributed by atoms with Gasteiger partial charge in [-0.15, -0.1) is 0 Å². The number of hydrogen-bond donors (Lipinski definition) is 0. The van der Waals surface area contributed by atoms with E-state index in [0.29, 0.717) is 36.0 Å². The fourth-order valence-corrected chi connectivity index (χ4v) is 4.85. The van der Waals surface area contributed by atoms with Gasteiger partial charge in [-0.1, -0.05) is 6.07 Å². The molecule has 3 atom stereocenters. The molecule has 1 aliphatic carbocycles. The van der Waals surface area contributed by atoms with Gasteiger partial charge in [-0.25, -0.2) is 0 Å². The average molecular weight is 398 g/mol. The Balaban J connectivity index is 1.74. The number of carbonyl (C=O) groups is 1. The van der Waals surface area contributed by atoms with Crippen molar-refractivity contribution in [2.45, 2.75) is 12.3 Å². The molecule has 0 spiro atoms. The first kappa shape index (κ1) is 18.0. The summed E-state index contributed by atoms with van der Waals surface area (Å²) >= 11 is 0. The van der Waals surface area contributed by atoms with Gasteiger partial charge in [-0.3, -0.25) is 4.79 Å². The molecular weight excluding hydrogens is 376 g/mol. The van der Waals surface area contributed by atoms with Crippen molar-refractivity contribution in [3.63, 3.8) is 0 Å². The number of esters is 1. The SMILES string of the molecule is COc1cc2c(c(OC)c1OC)[C@H](c1ccc3c(c1)OCO3)[C@H]1COC(=O)[C@@H]1C2. The molecule has 1 saturated heterocycles. The van der Waals surface area contributed by atoms with Crippen LogP contribution in [0, 0.1) is 11.8 Å². The molecule has 0 bridgehead atoms. The lowest BCUT2D eigenvalue weighted by Crippen LogP contribution is -2.31. The molecule has 0 N–H and O–H groups in total. The summed E-state index contributed by atoms with van der Waals surface area (Å²) in [7, 11) is 4.81. The van der Waals surface area contributed by atoms with Crippen molar-refractivity contribution >= 4 is 5.97 Å². The van der Waals surface area contributed by atoms with E-state index in [9.17, 15) is 4.79 Å². The summed E-state index contributed by atoms with van der Waals surface area (Å²) in [5.74, 6) is 2.71. The number of fused-ring (bicyclic) bond motifs is 3. The first-order chi connectivity index (χ1) is 14.2. The predicted octanol–water partition coefficient (Wildman–Crippen LogP) is 2.92. The van der Waals surface area contributed by atoms with Crippen LogP contribution in [0.5, 0.6) is 28.7 Å². The maximum Gasteiger partial charge on any atom is 0.309 e. The smallest absolute Gasteiger partial charge is 0.309 e. The monoisotopic (exact) mass is 398 g/mol. The molecule has 0 saturated carbocycles. The van der Waals surface area contributed by atoms with Crippen molar-refractivity contribution in [2.75, 3.05) is 34.7 Å². The van der Waals surface area contributed by atoms with E-state index in [4.69, 9.17) is 28.4 Å². The lowest BCUT2D eigenvalue weighted by Gasteiger charge is -2.35. The van der Waals surface area contributed by atoms with Gasteiger partial charge in [-0.05, 0) is 35.7 Å². The van der Waals surface area contributed by atoms with Crippen LogP contribution in [0.3, 0.4) is 0 Å². The van der Waals surface area contributed by atoms with Crippen LogP contribution in [0.1, 0.15) is 22.6 Å². The van der Waals surface area contributed by atoms with Crippen LogP contribution in [-0.2, 0) is 16.0 Å². The van der Waals surface area contributed by atoms with Gasteiger partial charge in [0.15, 0.2) is 23.0 Å². The number of rotatable bonds is 4. The Morgan fingerprint density at radius 3 is 2.48 bits per heavy atom. The second kappa shape index (κ2) is 6.76. The van der Waals surface area contributed by atoms with E-state index in [-0.39, 0.29) is 30.5 Å². The van der Waals surface area contributed by atoms with Gasteiger partial charge >= 0.3 is 5.97 Å². The first-order valence-corrected chi connectivity index (χ1v) is 9.54. The Hall–Kier alpha value is -3.09. The molecular formula is C22H22O7. The fraction of sp³-hybridized carbons (Fsp3) is 0.409. The fourth-order valence-electron chi connectivity index (χ4n) is 4.85. The highest BCUT2D eigenvalue weighted by molar-refractivity contribution is 5.77. The number of benzene rings is 2. The van der Waals surface area contributed by atoms with E-state index in [2.05, 4.69) is 0 Å². The zero-order chi connectivity index (χ0) is 20.1. The molecule has 5 rings (SSSR count). The molecule has 2 aromatic rings. The molecule has 0 aromatic heterocycles. The van der Waals surface area contributed by atoms with Gasteiger partial charge in [0.25, 0.3) is 0 Å². The molecule has 0 unspecified atom stereocenters. The van der Waals surface area contributed by atoms with Gasteiger partial charge in [0, 0.05) is 17.4 Å². The van der Waals surface area contributed by atoms with Gasteiger partial charge in [0.05, 0.1) is 33.9 Å². The predicted molar refractivity (Wildman–Crippen MR) is 102 cm³/mol. The standard InChI is InChI=1S/C22H22O7/c1-24-17-8-12-6-13-14(9-27-22(13)23)18(19(12)21(26-3)20(17)25-2)11-4-5-15-16(7-11)29-10-28-15/h4-5,7-8,13-14,18H,6,9-10H2,1-3H3/t13-,14+,18-/m1/s1. The second-order valence-corrected chi connectivity index (χ2v) is 7.41. The minimum Gasteiger partial charge on any atom is -0.493 e. The van der Waals surface area contributed by atoms with Gasteiger partial charge in [0.1, 0.15) is 0 Å². The number of hydrogen-bond acceptors (Lipinski definition) is 7. The van der Waals surface area contributed by atoms with Crippen LogP contribution in [0.25, 0.3) is 0 Å². The Labute approximate surface area is 168 Å². The largest absolute Gasteiger partial charge is 0.493 e. The topological polar surface area (TPSA) is 72.5 Å². The Morgan fingerprint density at radius 1 is 0.931 bits per heavy atom. The summed E-state index contributed by atoms with van der Waals surface area (Å²) in [6.45, 7) is 0.585. The zero-order valence-corrected chi connectivity index (χ0v) is 16.5. The molecule has 29 heavy (non-hydrogen) atoms. The number of ether oxygens (including phenoxy) is 6. The van der Waals surface area contributed by atoms with Crippen molar-refractivity contribution in [2.24, 2.45) is 11.8 Å². The molecule has 2 aliphatic heterocycles. The quantitative estimate of drug-likeness (QED) is 0.733. The minimum absolute atomic E-state index is 0.00220. The molecule has 2 heterocycles. The van der Waals surface area contributed by atoms with E-state index < -0.39 is 0 Å². The van der Waals surface area contributed by atoms with Crippen molar-refractivity contribution < 1.29 is 33.2 Å². The zero-order valence-electron chi connectivity index (χ0n) is 16.5. The highest BCUT2D eigenvalue weighted by Crippen LogP contribution is 2.55. The number of methoxy groups -OCH3 is 3. The average Bonchev–Trinajstić information content (AvgIpc) is 3.36.